The molecule has 5 nitrogen and oxygen atoms in total. The molecule has 0 fully saturated rings. The Morgan fingerprint density at radius 2 is 1.69 bits per heavy atom. The third kappa shape index (κ3) is 1.52. The van der Waals surface area contributed by atoms with Gasteiger partial charge in [-0.15, -0.1) is 9.13 Å². The number of hydrogen-bond donors (Lipinski definition) is 0. The van der Waals surface area contributed by atoms with Gasteiger partial charge in [0.25, 0.3) is 0 Å². The van der Waals surface area contributed by atoms with Crippen LogP contribution in [0.1, 0.15) is 11.1 Å². The number of benzene rings is 3. The maximum Gasteiger partial charge on any atom is 0.372 e. The van der Waals surface area contributed by atoms with E-state index < -0.39 is 5.66 Å². The second kappa shape index (κ2) is 5.15. The highest BCUT2D eigenvalue weighted by Crippen LogP contribution is 2.57. The molecule has 0 bridgehead atoms. The molecule has 4 aromatic heterocycles. The summed E-state index contributed by atoms with van der Waals surface area (Å²) in [5.41, 5.74) is 8.99. The first-order chi connectivity index (χ1) is 17.4. The highest BCUT2D eigenvalue weighted by Gasteiger charge is 2.68. The number of nitrogens with zero attached hydrogens (tertiary/aromatic N) is 4. The molecular weight excluding hydrogens is 432 g/mol. The molecule has 3 aromatic carbocycles. The first-order valence-electron chi connectivity index (χ1n) is 11.9. The van der Waals surface area contributed by atoms with Crippen LogP contribution in [0.15, 0.2) is 97.5 Å². The fraction of sp³-hybridized carbons (Fsp3) is 0.0333. The summed E-state index contributed by atoms with van der Waals surface area (Å²) in [6, 6.07) is 28.2. The predicted octanol–water partition coefficient (Wildman–Crippen LogP) is 5.07. The minimum absolute atomic E-state index is 0.558. The summed E-state index contributed by atoms with van der Waals surface area (Å²) < 4.78 is 14.1. The second-order valence-electron chi connectivity index (χ2n) is 9.65. The van der Waals surface area contributed by atoms with Crippen molar-refractivity contribution in [2.24, 2.45) is 0 Å². The van der Waals surface area contributed by atoms with Gasteiger partial charge in [-0.25, -0.2) is 0 Å². The maximum atomic E-state index is 6.66. The van der Waals surface area contributed by atoms with Crippen molar-refractivity contribution in [3.8, 4) is 22.8 Å². The first-order valence-corrected chi connectivity index (χ1v) is 11.9. The van der Waals surface area contributed by atoms with Crippen molar-refractivity contribution >= 4 is 38.4 Å². The van der Waals surface area contributed by atoms with Crippen LogP contribution in [0.3, 0.4) is 0 Å². The highest BCUT2D eigenvalue weighted by atomic mass is 16.5. The average molecular weight is 448 g/mol. The van der Waals surface area contributed by atoms with E-state index in [9.17, 15) is 0 Å². The van der Waals surface area contributed by atoms with Gasteiger partial charge in [0.15, 0.2) is 22.7 Å². The van der Waals surface area contributed by atoms with Gasteiger partial charge in [-0.1, -0.05) is 18.2 Å². The Kier molecular flexibility index (Phi) is 2.47. The Hall–Kier alpha value is -4.77. The van der Waals surface area contributed by atoms with Crippen LogP contribution in [0.5, 0.6) is 11.5 Å². The molecule has 1 atom stereocenters. The minimum atomic E-state index is -0.558. The molecule has 0 radical (unpaired) electrons. The topological polar surface area (TPSA) is 34.3 Å². The summed E-state index contributed by atoms with van der Waals surface area (Å²) in [5, 5.41) is 3.68. The Balaban J connectivity index is 1.63. The van der Waals surface area contributed by atoms with Gasteiger partial charge in [0.05, 0.1) is 17.1 Å². The van der Waals surface area contributed by atoms with Crippen molar-refractivity contribution < 1.29 is 13.9 Å². The van der Waals surface area contributed by atoms with E-state index in [1.165, 1.54) is 55.2 Å². The zero-order valence-corrected chi connectivity index (χ0v) is 18.4. The van der Waals surface area contributed by atoms with Crippen LogP contribution < -0.4 is 13.9 Å². The van der Waals surface area contributed by atoms with Crippen LogP contribution in [0, 0.1) is 0 Å². The lowest BCUT2D eigenvalue weighted by atomic mass is 9.85. The van der Waals surface area contributed by atoms with Crippen LogP contribution in [-0.2, 0) is 5.66 Å². The van der Waals surface area contributed by atoms with Gasteiger partial charge in [-0.05, 0) is 48.5 Å². The number of aromatic nitrogens is 4. The normalized spacial score (nSPS) is 18.1. The average Bonchev–Trinajstić information content (AvgIpc) is 3.53. The summed E-state index contributed by atoms with van der Waals surface area (Å²) in [7, 11) is 0. The monoisotopic (exact) mass is 448 g/mol. The van der Waals surface area contributed by atoms with E-state index in [-0.39, 0.29) is 0 Å². The van der Waals surface area contributed by atoms with Crippen molar-refractivity contribution in [3.05, 3.63) is 109 Å². The van der Waals surface area contributed by atoms with Crippen molar-refractivity contribution in [2.45, 2.75) is 5.66 Å². The maximum absolute atomic E-state index is 6.66. The number of hydrogen-bond acceptors (Lipinski definition) is 2. The van der Waals surface area contributed by atoms with Crippen molar-refractivity contribution in [3.63, 3.8) is 0 Å². The highest BCUT2D eigenvalue weighted by molar-refractivity contribution is 6.15. The number of pyridine rings is 3. The second-order valence-corrected chi connectivity index (χ2v) is 9.65. The first kappa shape index (κ1) is 16.8. The number of imidazole rings is 1. The van der Waals surface area contributed by atoms with Crippen LogP contribution in [0.25, 0.3) is 49.6 Å². The molecule has 10 rings (SSSR count). The Morgan fingerprint density at radius 3 is 2.69 bits per heavy atom. The van der Waals surface area contributed by atoms with E-state index in [1.54, 1.807) is 0 Å². The zero-order chi connectivity index (χ0) is 22.5. The van der Waals surface area contributed by atoms with E-state index in [0.717, 1.165) is 17.0 Å². The molecule has 160 valence electrons. The van der Waals surface area contributed by atoms with Gasteiger partial charge in [0.1, 0.15) is 22.6 Å². The van der Waals surface area contributed by atoms with E-state index in [4.69, 9.17) is 4.74 Å². The fourth-order valence-corrected chi connectivity index (χ4v) is 7.18. The Morgan fingerprint density at radius 1 is 0.771 bits per heavy atom. The molecule has 0 amide bonds. The smallest absolute Gasteiger partial charge is 0.372 e. The van der Waals surface area contributed by atoms with E-state index in [2.05, 4.69) is 104 Å². The molecule has 1 spiro atoms. The third-order valence-corrected chi connectivity index (χ3v) is 8.26. The standard InChI is InChI=1S/C30H16N4O/c1-2-9-22-21(8-1)33-23-16-31-14-13-17(23)18-11-12-25-28-26(18)29(33)34(22)30(28)27-19(6-5-10-24(27)35-25)20-7-3-4-15-32(20)30/h1-16H/q+2. The lowest BCUT2D eigenvalue weighted by molar-refractivity contribution is -0.940. The summed E-state index contributed by atoms with van der Waals surface area (Å²) in [5.74, 6) is 1.85. The predicted molar refractivity (Wildman–Crippen MR) is 132 cm³/mol. The van der Waals surface area contributed by atoms with Crippen molar-refractivity contribution in [1.82, 2.24) is 9.38 Å². The third-order valence-electron chi connectivity index (χ3n) is 8.26. The number of fused-ring (bicyclic) bond motifs is 8. The van der Waals surface area contributed by atoms with Gasteiger partial charge in [-0.2, -0.15) is 4.40 Å². The molecule has 1 unspecified atom stereocenters. The van der Waals surface area contributed by atoms with E-state index in [0.29, 0.717) is 0 Å². The molecule has 7 aromatic rings. The van der Waals surface area contributed by atoms with Crippen LogP contribution in [0.2, 0.25) is 0 Å². The largest absolute Gasteiger partial charge is 0.456 e. The lowest BCUT2D eigenvalue weighted by Gasteiger charge is -2.28. The molecule has 0 saturated heterocycles. The Labute approximate surface area is 198 Å². The molecule has 0 N–H and O–H groups in total. The molecule has 0 aliphatic carbocycles. The molecule has 7 heterocycles. The fourth-order valence-electron chi connectivity index (χ4n) is 7.18. The molecule has 5 heteroatoms. The molecule has 0 saturated carbocycles. The van der Waals surface area contributed by atoms with Crippen molar-refractivity contribution in [2.75, 3.05) is 0 Å². The number of rotatable bonds is 0. The van der Waals surface area contributed by atoms with Crippen LogP contribution >= 0.6 is 0 Å². The van der Waals surface area contributed by atoms with Crippen LogP contribution in [-0.4, -0.2) is 9.38 Å². The van der Waals surface area contributed by atoms with Gasteiger partial charge in [-0.3, -0.25) is 4.98 Å². The minimum Gasteiger partial charge on any atom is -0.456 e. The lowest BCUT2D eigenvalue weighted by Crippen LogP contribution is -2.71. The van der Waals surface area contributed by atoms with Crippen LogP contribution in [0.4, 0.5) is 0 Å². The molecular formula is C30H16N4O+2. The summed E-state index contributed by atoms with van der Waals surface area (Å²) in [6.07, 6.45) is 6.12. The SMILES string of the molecule is c1cc2c3c(c1)-c1cccc[n+]1C31c3c(ccc4c5ccncc5n5c6ccccc6[n+]1c5c34)O2. The molecule has 3 aliphatic heterocycles. The van der Waals surface area contributed by atoms with Gasteiger partial charge in [0, 0.05) is 29.1 Å². The summed E-state index contributed by atoms with van der Waals surface area (Å²) in [4.78, 5) is 4.53. The number of para-hydroxylation sites is 2. The Bertz CT molecular complexity index is 2160. The summed E-state index contributed by atoms with van der Waals surface area (Å²) >= 11 is 0. The quantitative estimate of drug-likeness (QED) is 0.240. The van der Waals surface area contributed by atoms with E-state index >= 15 is 0 Å². The van der Waals surface area contributed by atoms with Gasteiger partial charge >= 0.3 is 11.3 Å². The van der Waals surface area contributed by atoms with Gasteiger partial charge < -0.3 is 4.74 Å². The molecule has 3 aliphatic rings. The zero-order valence-electron chi connectivity index (χ0n) is 18.4. The van der Waals surface area contributed by atoms with Crippen molar-refractivity contribution in [1.29, 1.82) is 0 Å². The van der Waals surface area contributed by atoms with Gasteiger partial charge in [0.2, 0.25) is 5.69 Å². The van der Waals surface area contributed by atoms with E-state index in [1.807, 2.05) is 12.4 Å². The number of ether oxygens (including phenoxy) is 1. The summed E-state index contributed by atoms with van der Waals surface area (Å²) in [6.45, 7) is 0. The molecule has 35 heavy (non-hydrogen) atoms.